The van der Waals surface area contributed by atoms with E-state index in [0.717, 1.165) is 23.9 Å². The van der Waals surface area contributed by atoms with Crippen molar-refractivity contribution in [3.63, 3.8) is 0 Å². The molecule has 0 aliphatic heterocycles. The van der Waals surface area contributed by atoms with Crippen molar-refractivity contribution >= 4 is 17.1 Å². The lowest BCUT2D eigenvalue weighted by molar-refractivity contribution is 0.617. The largest absolute Gasteiger partial charge is 0.281 e. The van der Waals surface area contributed by atoms with Crippen LogP contribution in [0.15, 0.2) is 23.1 Å². The van der Waals surface area contributed by atoms with Crippen LogP contribution in [0.1, 0.15) is 29.9 Å². The normalized spacial score (nSPS) is 15.5. The molecular formula is C13H11ClFNO. The lowest BCUT2D eigenvalue weighted by atomic mass is 10.1. The Morgan fingerprint density at radius 1 is 1.41 bits per heavy atom. The molecule has 17 heavy (non-hydrogen) atoms. The zero-order valence-electron chi connectivity index (χ0n) is 9.34. The van der Waals surface area contributed by atoms with Crippen molar-refractivity contribution in [2.45, 2.75) is 25.7 Å². The molecule has 4 heteroatoms. The fraction of sp³-hybridized carbons (Fsp3) is 0.308. The second-order valence-corrected chi connectivity index (χ2v) is 4.91. The number of halogens is 2. The van der Waals surface area contributed by atoms with Gasteiger partial charge in [0.25, 0.3) is 5.56 Å². The highest BCUT2D eigenvalue weighted by molar-refractivity contribution is 6.32. The van der Waals surface area contributed by atoms with E-state index in [1.165, 1.54) is 16.7 Å². The predicted molar refractivity (Wildman–Crippen MR) is 65.3 cm³/mol. The maximum Gasteiger partial charge on any atom is 0.255 e. The van der Waals surface area contributed by atoms with Crippen LogP contribution in [-0.4, -0.2) is 4.40 Å². The number of hydrogen-bond acceptors (Lipinski definition) is 1. The van der Waals surface area contributed by atoms with Gasteiger partial charge in [0.2, 0.25) is 0 Å². The summed E-state index contributed by atoms with van der Waals surface area (Å²) in [5, 5.41) is 0.109. The van der Waals surface area contributed by atoms with Gasteiger partial charge < -0.3 is 0 Å². The Morgan fingerprint density at radius 3 is 2.76 bits per heavy atom. The number of nitrogens with zero attached hydrogens (tertiary/aromatic N) is 1. The van der Waals surface area contributed by atoms with Crippen LogP contribution in [0.3, 0.4) is 0 Å². The average molecular weight is 252 g/mol. The highest BCUT2D eigenvalue weighted by atomic mass is 35.5. The first kappa shape index (κ1) is 10.8. The SMILES string of the molecule is Cc1c(Cl)c(F)cn2c(=O)ccc(C3CC3)c12. The van der Waals surface area contributed by atoms with Gasteiger partial charge in [0, 0.05) is 12.3 Å². The van der Waals surface area contributed by atoms with Gasteiger partial charge >= 0.3 is 0 Å². The van der Waals surface area contributed by atoms with Gasteiger partial charge in [-0.2, -0.15) is 0 Å². The number of hydrogen-bond donors (Lipinski definition) is 0. The Kier molecular flexibility index (Phi) is 2.26. The summed E-state index contributed by atoms with van der Waals surface area (Å²) in [4.78, 5) is 11.7. The third kappa shape index (κ3) is 1.57. The molecule has 2 heterocycles. The van der Waals surface area contributed by atoms with Crippen LogP contribution in [0, 0.1) is 12.7 Å². The summed E-state index contributed by atoms with van der Waals surface area (Å²) in [5.74, 6) is -0.0578. The third-order valence-corrected chi connectivity index (χ3v) is 3.77. The highest BCUT2D eigenvalue weighted by Gasteiger charge is 2.27. The van der Waals surface area contributed by atoms with Gasteiger partial charge in [-0.05, 0) is 36.8 Å². The molecule has 1 saturated carbocycles. The molecule has 0 radical (unpaired) electrons. The lowest BCUT2D eigenvalue weighted by Gasteiger charge is -2.11. The van der Waals surface area contributed by atoms with Crippen LogP contribution in [0.25, 0.3) is 5.52 Å². The number of fused-ring (bicyclic) bond motifs is 1. The monoisotopic (exact) mass is 251 g/mol. The first-order valence-corrected chi connectivity index (χ1v) is 5.97. The van der Waals surface area contributed by atoms with Gasteiger partial charge in [0.1, 0.15) is 0 Å². The van der Waals surface area contributed by atoms with Crippen LogP contribution in [0.5, 0.6) is 0 Å². The smallest absolute Gasteiger partial charge is 0.255 e. The molecule has 0 saturated heterocycles. The van der Waals surface area contributed by atoms with Gasteiger partial charge in [-0.25, -0.2) is 4.39 Å². The van der Waals surface area contributed by atoms with Crippen molar-refractivity contribution in [1.29, 1.82) is 0 Å². The lowest BCUT2D eigenvalue weighted by Crippen LogP contribution is -2.15. The maximum atomic E-state index is 13.5. The molecular weight excluding hydrogens is 241 g/mol. The van der Waals surface area contributed by atoms with E-state index in [9.17, 15) is 9.18 Å². The fourth-order valence-corrected chi connectivity index (χ4v) is 2.41. The minimum Gasteiger partial charge on any atom is -0.281 e. The maximum absolute atomic E-state index is 13.5. The van der Waals surface area contributed by atoms with Crippen LogP contribution < -0.4 is 5.56 Å². The first-order valence-electron chi connectivity index (χ1n) is 5.59. The minimum absolute atomic E-state index is 0.109. The van der Waals surface area contributed by atoms with Crippen molar-refractivity contribution < 1.29 is 4.39 Å². The van der Waals surface area contributed by atoms with Crippen molar-refractivity contribution in [2.24, 2.45) is 0 Å². The number of aryl methyl sites for hydroxylation is 1. The summed E-state index contributed by atoms with van der Waals surface area (Å²) in [6.07, 6.45) is 3.43. The molecule has 0 amide bonds. The van der Waals surface area contributed by atoms with Crippen LogP contribution in [0.4, 0.5) is 4.39 Å². The Morgan fingerprint density at radius 2 is 2.12 bits per heavy atom. The van der Waals surface area contributed by atoms with Crippen LogP contribution in [-0.2, 0) is 0 Å². The molecule has 0 N–H and O–H groups in total. The predicted octanol–water partition coefficient (Wildman–Crippen LogP) is 3.28. The van der Waals surface area contributed by atoms with Gasteiger partial charge in [-0.3, -0.25) is 9.20 Å². The van der Waals surface area contributed by atoms with E-state index in [4.69, 9.17) is 11.6 Å². The summed E-state index contributed by atoms with van der Waals surface area (Å²) in [7, 11) is 0. The van der Waals surface area contributed by atoms with Crippen molar-refractivity contribution in [3.05, 3.63) is 50.7 Å². The molecule has 0 spiro atoms. The Labute approximate surface area is 103 Å². The van der Waals surface area contributed by atoms with Crippen molar-refractivity contribution in [3.8, 4) is 0 Å². The molecule has 2 aromatic heterocycles. The van der Waals surface area contributed by atoms with E-state index in [1.807, 2.05) is 6.07 Å². The zero-order chi connectivity index (χ0) is 12.2. The zero-order valence-corrected chi connectivity index (χ0v) is 10.1. The summed E-state index contributed by atoms with van der Waals surface area (Å²) in [5.41, 5.74) is 2.30. The molecule has 2 aromatic rings. The molecule has 88 valence electrons. The fourth-order valence-electron chi connectivity index (χ4n) is 2.27. The second kappa shape index (κ2) is 3.57. The quantitative estimate of drug-likeness (QED) is 0.762. The van der Waals surface area contributed by atoms with Gasteiger partial charge in [0.05, 0.1) is 10.5 Å². The number of rotatable bonds is 1. The Hall–Kier alpha value is -1.35. The molecule has 1 aliphatic rings. The molecule has 0 atom stereocenters. The Balaban J connectivity index is 2.49. The summed E-state index contributed by atoms with van der Waals surface area (Å²) >= 11 is 5.92. The van der Waals surface area contributed by atoms with E-state index in [2.05, 4.69) is 0 Å². The third-order valence-electron chi connectivity index (χ3n) is 3.31. The van der Waals surface area contributed by atoms with Crippen molar-refractivity contribution in [2.75, 3.05) is 0 Å². The summed E-state index contributed by atoms with van der Waals surface area (Å²) in [6.45, 7) is 1.76. The molecule has 1 aliphatic carbocycles. The van der Waals surface area contributed by atoms with Gasteiger partial charge in [-0.15, -0.1) is 0 Å². The van der Waals surface area contributed by atoms with E-state index >= 15 is 0 Å². The van der Waals surface area contributed by atoms with Gasteiger partial charge in [0.15, 0.2) is 5.82 Å². The Bertz CT molecular complexity index is 673. The van der Waals surface area contributed by atoms with Crippen LogP contribution in [0.2, 0.25) is 5.02 Å². The van der Waals surface area contributed by atoms with Crippen molar-refractivity contribution in [1.82, 2.24) is 4.40 Å². The summed E-state index contributed by atoms with van der Waals surface area (Å²) < 4.78 is 14.9. The molecule has 0 aromatic carbocycles. The first-order chi connectivity index (χ1) is 8.09. The summed E-state index contributed by atoms with van der Waals surface area (Å²) in [6, 6.07) is 3.34. The van der Waals surface area contributed by atoms with E-state index in [1.54, 1.807) is 6.92 Å². The van der Waals surface area contributed by atoms with E-state index in [0.29, 0.717) is 11.5 Å². The highest BCUT2D eigenvalue weighted by Crippen LogP contribution is 2.42. The molecule has 2 nitrogen and oxygen atoms in total. The number of pyridine rings is 2. The van der Waals surface area contributed by atoms with Gasteiger partial charge in [-0.1, -0.05) is 17.7 Å². The minimum atomic E-state index is -0.549. The molecule has 3 rings (SSSR count). The van der Waals surface area contributed by atoms with Crippen LogP contribution >= 0.6 is 11.6 Å². The number of aromatic nitrogens is 1. The second-order valence-electron chi connectivity index (χ2n) is 4.54. The molecule has 1 fully saturated rings. The molecule has 0 unspecified atom stereocenters. The standard InChI is InChI=1S/C13H11ClFNO/c1-7-12(14)10(15)6-16-11(17)5-4-9(13(7)16)8-2-3-8/h4-6,8H,2-3H2,1H3. The topological polar surface area (TPSA) is 21.5 Å². The molecule has 0 bridgehead atoms. The van der Waals surface area contributed by atoms with E-state index < -0.39 is 5.82 Å². The van der Waals surface area contributed by atoms with E-state index in [-0.39, 0.29) is 10.6 Å². The average Bonchev–Trinajstić information content (AvgIpc) is 3.12.